The Hall–Kier alpha value is -0.413. The van der Waals surface area contributed by atoms with E-state index in [4.69, 9.17) is 18.6 Å². The van der Waals surface area contributed by atoms with Crippen LogP contribution in [-0.4, -0.2) is 55.6 Å². The second-order valence-corrected chi connectivity index (χ2v) is 15.1. The molecule has 6 unspecified atom stereocenters. The third kappa shape index (κ3) is 4.66. The number of aliphatic hydroxyl groups excluding tert-OH is 1. The monoisotopic (exact) mass is 426 g/mol. The van der Waals surface area contributed by atoms with Gasteiger partial charge in [-0.1, -0.05) is 58.0 Å². The molecular weight excluding hydrogens is 392 g/mol. The molecule has 0 saturated carbocycles. The molecule has 7 heteroatoms. The Morgan fingerprint density at radius 2 is 1.86 bits per heavy atom. The molecule has 2 heterocycles. The summed E-state index contributed by atoms with van der Waals surface area (Å²) in [5.41, 5.74) is 0.632. The van der Waals surface area contributed by atoms with E-state index in [2.05, 4.69) is 40.8 Å². The minimum absolute atomic E-state index is 0.0396. The van der Waals surface area contributed by atoms with Crippen molar-refractivity contribution in [2.45, 2.75) is 82.0 Å². The van der Waals surface area contributed by atoms with Gasteiger partial charge in [-0.3, -0.25) is 0 Å². The van der Waals surface area contributed by atoms with Crippen molar-refractivity contribution in [1.29, 1.82) is 0 Å². The molecule has 0 radical (unpaired) electrons. The van der Waals surface area contributed by atoms with Gasteiger partial charge in [-0.05, 0) is 23.9 Å². The molecule has 2 aliphatic heterocycles. The van der Waals surface area contributed by atoms with Crippen LogP contribution in [0.5, 0.6) is 0 Å². The van der Waals surface area contributed by atoms with Crippen LogP contribution >= 0.6 is 11.8 Å². The molecule has 2 fully saturated rings. The first-order valence-corrected chi connectivity index (χ1v) is 14.0. The molecule has 0 bridgehead atoms. The fraction of sp³-hybridized carbons (Fsp3) is 0.714. The van der Waals surface area contributed by atoms with E-state index in [-0.39, 0.29) is 22.7 Å². The summed E-state index contributed by atoms with van der Waals surface area (Å²) in [6, 6.07) is 9.89. The quantitative estimate of drug-likeness (QED) is 0.707. The van der Waals surface area contributed by atoms with Crippen molar-refractivity contribution >= 4 is 20.1 Å². The molecule has 3 rings (SSSR count). The van der Waals surface area contributed by atoms with E-state index in [1.165, 1.54) is 0 Å². The summed E-state index contributed by atoms with van der Waals surface area (Å²) >= 11 is 1.60. The molecule has 0 aromatic heterocycles. The van der Waals surface area contributed by atoms with Gasteiger partial charge < -0.3 is 23.7 Å². The number of thioether (sulfide) groups is 1. The Morgan fingerprint density at radius 3 is 2.46 bits per heavy atom. The zero-order valence-corrected chi connectivity index (χ0v) is 19.6. The maximum absolute atomic E-state index is 11.1. The van der Waals surface area contributed by atoms with Crippen LogP contribution in [0, 0.1) is 0 Å². The average molecular weight is 427 g/mol. The number of hydrogen-bond acceptors (Lipinski definition) is 6. The smallest absolute Gasteiger partial charge is 0.192 e. The van der Waals surface area contributed by atoms with Gasteiger partial charge in [-0.2, -0.15) is 0 Å². The number of fused-ring (bicyclic) bond motifs is 1. The van der Waals surface area contributed by atoms with Crippen LogP contribution in [0.15, 0.2) is 30.3 Å². The van der Waals surface area contributed by atoms with Crippen LogP contribution in [0.3, 0.4) is 0 Å². The third-order valence-electron chi connectivity index (χ3n) is 5.95. The SMILES string of the molecule is CCSC1OC2COC(c3ccccc3)OC2C(O[Si](C)(C)C(C)(C)C)C1O. The second-order valence-electron chi connectivity index (χ2n) is 9.01. The van der Waals surface area contributed by atoms with Crippen LogP contribution in [0.4, 0.5) is 0 Å². The highest BCUT2D eigenvalue weighted by Crippen LogP contribution is 2.43. The van der Waals surface area contributed by atoms with Crippen molar-refractivity contribution in [1.82, 2.24) is 0 Å². The molecular formula is C21H34O5SSi. The van der Waals surface area contributed by atoms with Gasteiger partial charge in [0.15, 0.2) is 14.6 Å². The van der Waals surface area contributed by atoms with E-state index in [1.54, 1.807) is 11.8 Å². The lowest BCUT2D eigenvalue weighted by atomic mass is 9.99. The summed E-state index contributed by atoms with van der Waals surface area (Å²) in [6.45, 7) is 13.5. The highest BCUT2D eigenvalue weighted by atomic mass is 32.2. The molecule has 158 valence electrons. The molecule has 1 aromatic rings. The zero-order valence-electron chi connectivity index (χ0n) is 17.8. The van der Waals surface area contributed by atoms with E-state index in [0.29, 0.717) is 6.61 Å². The predicted octanol–water partition coefficient (Wildman–Crippen LogP) is 4.33. The van der Waals surface area contributed by atoms with Gasteiger partial charge in [-0.15, -0.1) is 11.8 Å². The van der Waals surface area contributed by atoms with Crippen molar-refractivity contribution in [2.75, 3.05) is 12.4 Å². The van der Waals surface area contributed by atoms with E-state index in [9.17, 15) is 5.11 Å². The lowest BCUT2D eigenvalue weighted by Crippen LogP contribution is -2.64. The average Bonchev–Trinajstić information content (AvgIpc) is 2.65. The Balaban J connectivity index is 1.85. The Kier molecular flexibility index (Phi) is 6.97. The molecule has 1 N–H and O–H groups in total. The molecule has 5 nitrogen and oxygen atoms in total. The largest absolute Gasteiger partial charge is 0.408 e. The van der Waals surface area contributed by atoms with E-state index in [0.717, 1.165) is 11.3 Å². The van der Waals surface area contributed by atoms with Crippen LogP contribution in [0.1, 0.15) is 39.5 Å². The fourth-order valence-electron chi connectivity index (χ4n) is 3.30. The fourth-order valence-corrected chi connectivity index (χ4v) is 5.50. The molecule has 28 heavy (non-hydrogen) atoms. The van der Waals surface area contributed by atoms with Crippen molar-refractivity contribution in [3.05, 3.63) is 35.9 Å². The van der Waals surface area contributed by atoms with Crippen LogP contribution < -0.4 is 0 Å². The first kappa shape index (κ1) is 22.3. The van der Waals surface area contributed by atoms with Crippen LogP contribution in [-0.2, 0) is 18.6 Å². The number of rotatable bonds is 5. The molecule has 0 spiro atoms. The van der Waals surface area contributed by atoms with Gasteiger partial charge in [0.1, 0.15) is 29.9 Å². The molecule has 0 amide bonds. The first-order valence-electron chi connectivity index (χ1n) is 10.1. The van der Waals surface area contributed by atoms with Gasteiger partial charge in [0.25, 0.3) is 0 Å². The summed E-state index contributed by atoms with van der Waals surface area (Å²) < 4.78 is 25.1. The van der Waals surface area contributed by atoms with E-state index >= 15 is 0 Å². The molecule has 1 aromatic carbocycles. The number of hydrogen-bond donors (Lipinski definition) is 1. The van der Waals surface area contributed by atoms with Crippen molar-refractivity contribution in [3.63, 3.8) is 0 Å². The lowest BCUT2D eigenvalue weighted by Gasteiger charge is -2.51. The standard InChI is InChI=1S/C21H34O5SSi/c1-7-27-20-16(22)18(26-28(5,6)21(2,3)4)17-15(24-20)13-23-19(25-17)14-11-9-8-10-12-14/h8-12,15-20,22H,7,13H2,1-6H3. The molecule has 2 saturated heterocycles. The molecule has 0 aliphatic carbocycles. The first-order chi connectivity index (χ1) is 13.1. The van der Waals surface area contributed by atoms with Gasteiger partial charge in [-0.25, -0.2) is 0 Å². The maximum Gasteiger partial charge on any atom is 0.192 e. The topological polar surface area (TPSA) is 57.2 Å². The summed E-state index contributed by atoms with van der Waals surface area (Å²) in [4.78, 5) is 0. The van der Waals surface area contributed by atoms with Crippen LogP contribution in [0.2, 0.25) is 18.1 Å². The summed E-state index contributed by atoms with van der Waals surface area (Å²) in [5.74, 6) is 0.861. The molecule has 6 atom stereocenters. The summed E-state index contributed by atoms with van der Waals surface area (Å²) in [5, 5.41) is 11.2. The summed E-state index contributed by atoms with van der Waals surface area (Å²) in [6.07, 6.45) is -2.26. The highest BCUT2D eigenvalue weighted by Gasteiger charge is 2.53. The molecule has 2 aliphatic rings. The van der Waals surface area contributed by atoms with Crippen molar-refractivity contribution in [3.8, 4) is 0 Å². The number of aliphatic hydroxyl groups is 1. The normalized spacial score (nSPS) is 34.1. The van der Waals surface area contributed by atoms with Crippen molar-refractivity contribution < 1.29 is 23.7 Å². The van der Waals surface area contributed by atoms with Crippen LogP contribution in [0.25, 0.3) is 0 Å². The number of benzene rings is 1. The Labute approximate surface area is 174 Å². The van der Waals surface area contributed by atoms with Gasteiger partial charge in [0.2, 0.25) is 0 Å². The summed E-state index contributed by atoms with van der Waals surface area (Å²) in [7, 11) is -2.11. The zero-order chi connectivity index (χ0) is 20.5. The minimum Gasteiger partial charge on any atom is -0.408 e. The highest BCUT2D eigenvalue weighted by molar-refractivity contribution is 7.99. The van der Waals surface area contributed by atoms with E-state index in [1.807, 2.05) is 30.3 Å². The lowest BCUT2D eigenvalue weighted by molar-refractivity contribution is -0.316. The van der Waals surface area contributed by atoms with E-state index < -0.39 is 26.8 Å². The van der Waals surface area contributed by atoms with Crippen molar-refractivity contribution in [2.24, 2.45) is 0 Å². The predicted molar refractivity (Wildman–Crippen MR) is 115 cm³/mol. The second kappa shape index (κ2) is 8.76. The number of ether oxygens (including phenoxy) is 3. The Bertz CT molecular complexity index is 635. The Morgan fingerprint density at radius 1 is 1.18 bits per heavy atom. The minimum atomic E-state index is -2.11. The van der Waals surface area contributed by atoms with Gasteiger partial charge in [0.05, 0.1) is 6.61 Å². The third-order valence-corrected chi connectivity index (χ3v) is 11.5. The maximum atomic E-state index is 11.1. The van der Waals surface area contributed by atoms with Gasteiger partial charge >= 0.3 is 0 Å². The van der Waals surface area contributed by atoms with Gasteiger partial charge in [0, 0.05) is 5.56 Å².